The molecule has 1 heterocycles. The third-order valence-electron chi connectivity index (χ3n) is 5.58. The zero-order chi connectivity index (χ0) is 26.1. The highest BCUT2D eigenvalue weighted by molar-refractivity contribution is 7.89. The number of aromatic hydroxyl groups is 3. The lowest BCUT2D eigenvalue weighted by Gasteiger charge is -2.15. The molecule has 0 bridgehead atoms. The SMILES string of the molecule is CNS(=O)(=O)c1ccc(-c2oc3c(CC=C(C)C)c(O)c(CC=C(C)C)c(O)c3c(=O)c2O)cc1. The van der Waals surface area contributed by atoms with E-state index in [-0.39, 0.29) is 51.3 Å². The first-order chi connectivity index (χ1) is 16.4. The minimum atomic E-state index is -3.68. The Morgan fingerprint density at radius 2 is 1.43 bits per heavy atom. The molecule has 4 N–H and O–H groups in total. The van der Waals surface area contributed by atoms with Gasteiger partial charge in [-0.1, -0.05) is 23.3 Å². The topological polar surface area (TPSA) is 137 Å². The Balaban J connectivity index is 2.36. The Kier molecular flexibility index (Phi) is 7.42. The van der Waals surface area contributed by atoms with E-state index in [9.17, 15) is 28.5 Å². The summed E-state index contributed by atoms with van der Waals surface area (Å²) in [5.41, 5.74) is 1.73. The van der Waals surface area contributed by atoms with E-state index in [1.807, 2.05) is 39.8 Å². The molecule has 3 rings (SSSR count). The summed E-state index contributed by atoms with van der Waals surface area (Å²) in [6.07, 6.45) is 4.06. The average Bonchev–Trinajstić information content (AvgIpc) is 2.80. The summed E-state index contributed by atoms with van der Waals surface area (Å²) in [7, 11) is -2.39. The molecule has 186 valence electrons. The third-order valence-corrected chi connectivity index (χ3v) is 7.01. The second-order valence-electron chi connectivity index (χ2n) is 8.67. The van der Waals surface area contributed by atoms with Gasteiger partial charge in [-0.25, -0.2) is 13.1 Å². The molecule has 0 unspecified atom stereocenters. The molecule has 8 nitrogen and oxygen atoms in total. The number of phenols is 2. The molecule has 35 heavy (non-hydrogen) atoms. The van der Waals surface area contributed by atoms with Gasteiger partial charge in [0.15, 0.2) is 5.76 Å². The molecule has 0 atom stereocenters. The molecular formula is C26H29NO7S. The molecule has 0 amide bonds. The van der Waals surface area contributed by atoms with Crippen LogP contribution in [0.4, 0.5) is 0 Å². The number of fused-ring (bicyclic) bond motifs is 1. The van der Waals surface area contributed by atoms with Gasteiger partial charge >= 0.3 is 0 Å². The summed E-state index contributed by atoms with van der Waals surface area (Å²) in [6.45, 7) is 7.52. The molecule has 1 aromatic heterocycles. The van der Waals surface area contributed by atoms with Crippen LogP contribution in [0.5, 0.6) is 17.2 Å². The van der Waals surface area contributed by atoms with Crippen LogP contribution in [0.25, 0.3) is 22.3 Å². The van der Waals surface area contributed by atoms with Crippen molar-refractivity contribution < 1.29 is 28.2 Å². The molecule has 2 aromatic carbocycles. The second kappa shape index (κ2) is 9.97. The van der Waals surface area contributed by atoms with Crippen molar-refractivity contribution in [3.63, 3.8) is 0 Å². The number of hydrogen-bond acceptors (Lipinski definition) is 7. The van der Waals surface area contributed by atoms with Crippen LogP contribution in [-0.2, 0) is 22.9 Å². The first-order valence-electron chi connectivity index (χ1n) is 10.9. The van der Waals surface area contributed by atoms with Crippen molar-refractivity contribution in [2.24, 2.45) is 0 Å². The van der Waals surface area contributed by atoms with Crippen molar-refractivity contribution in [2.75, 3.05) is 7.05 Å². The van der Waals surface area contributed by atoms with Crippen LogP contribution < -0.4 is 10.2 Å². The Hall–Kier alpha value is -3.56. The molecule has 0 saturated carbocycles. The fraction of sp³-hybridized carbons (Fsp3) is 0.269. The summed E-state index contributed by atoms with van der Waals surface area (Å²) in [5, 5.41) is 32.4. The first-order valence-corrected chi connectivity index (χ1v) is 12.4. The summed E-state index contributed by atoms with van der Waals surface area (Å²) >= 11 is 0. The zero-order valence-corrected chi connectivity index (χ0v) is 21.1. The van der Waals surface area contributed by atoms with Crippen molar-refractivity contribution in [2.45, 2.75) is 45.4 Å². The molecule has 0 aliphatic rings. The maximum absolute atomic E-state index is 13.2. The van der Waals surface area contributed by atoms with Crippen molar-refractivity contribution in [1.82, 2.24) is 4.72 Å². The quantitative estimate of drug-likeness (QED) is 0.351. The van der Waals surface area contributed by atoms with Gasteiger partial charge in [-0.3, -0.25) is 4.79 Å². The van der Waals surface area contributed by atoms with Gasteiger partial charge in [-0.15, -0.1) is 0 Å². The highest BCUT2D eigenvalue weighted by atomic mass is 32.2. The van der Waals surface area contributed by atoms with Crippen molar-refractivity contribution in [3.8, 4) is 28.6 Å². The van der Waals surface area contributed by atoms with Crippen LogP contribution in [0.2, 0.25) is 0 Å². The van der Waals surface area contributed by atoms with Gasteiger partial charge in [0.2, 0.25) is 21.2 Å². The first kappa shape index (κ1) is 26.1. The van der Waals surface area contributed by atoms with Crippen LogP contribution in [0.1, 0.15) is 38.8 Å². The summed E-state index contributed by atoms with van der Waals surface area (Å²) in [5.74, 6) is -1.59. The molecular weight excluding hydrogens is 470 g/mol. The Morgan fingerprint density at radius 1 is 0.886 bits per heavy atom. The minimum absolute atomic E-state index is 0.00479. The molecule has 0 spiro atoms. The maximum Gasteiger partial charge on any atom is 0.240 e. The summed E-state index contributed by atoms with van der Waals surface area (Å²) in [4.78, 5) is 13.2. The van der Waals surface area contributed by atoms with Gasteiger partial charge in [0, 0.05) is 16.7 Å². The van der Waals surface area contributed by atoms with Crippen LogP contribution >= 0.6 is 0 Å². The normalized spacial score (nSPS) is 11.5. The lowest BCUT2D eigenvalue weighted by molar-refractivity contribution is 0.430. The molecule has 0 fully saturated rings. The van der Waals surface area contributed by atoms with Gasteiger partial charge in [-0.05, 0) is 71.8 Å². The predicted molar refractivity (Wildman–Crippen MR) is 135 cm³/mol. The molecule has 0 saturated heterocycles. The number of nitrogens with one attached hydrogen (secondary N) is 1. The second-order valence-corrected chi connectivity index (χ2v) is 10.6. The number of rotatable bonds is 7. The predicted octanol–water partition coefficient (Wildman–Crippen LogP) is 4.50. The summed E-state index contributed by atoms with van der Waals surface area (Å²) < 4.78 is 32.2. The van der Waals surface area contributed by atoms with E-state index < -0.39 is 27.0 Å². The number of phenolic OH excluding ortho intramolecular Hbond substituents is 2. The smallest absolute Gasteiger partial charge is 0.240 e. The minimum Gasteiger partial charge on any atom is -0.507 e. The number of allylic oxidation sites excluding steroid dienone is 4. The van der Waals surface area contributed by atoms with Crippen molar-refractivity contribution in [3.05, 3.63) is 68.9 Å². The lowest BCUT2D eigenvalue weighted by Crippen LogP contribution is -2.18. The van der Waals surface area contributed by atoms with E-state index in [0.29, 0.717) is 5.56 Å². The van der Waals surface area contributed by atoms with E-state index >= 15 is 0 Å². The maximum atomic E-state index is 13.2. The van der Waals surface area contributed by atoms with Crippen molar-refractivity contribution in [1.29, 1.82) is 0 Å². The largest absolute Gasteiger partial charge is 0.507 e. The highest BCUT2D eigenvalue weighted by Gasteiger charge is 2.26. The Labute approximate surface area is 203 Å². The summed E-state index contributed by atoms with van der Waals surface area (Å²) in [6, 6.07) is 5.41. The van der Waals surface area contributed by atoms with E-state index in [0.717, 1.165) is 11.1 Å². The van der Waals surface area contributed by atoms with E-state index in [4.69, 9.17) is 4.42 Å². The molecule has 0 aliphatic heterocycles. The van der Waals surface area contributed by atoms with Gasteiger partial charge < -0.3 is 19.7 Å². The zero-order valence-electron chi connectivity index (χ0n) is 20.3. The van der Waals surface area contributed by atoms with E-state index in [1.54, 1.807) is 0 Å². The fourth-order valence-electron chi connectivity index (χ4n) is 3.60. The van der Waals surface area contributed by atoms with Gasteiger partial charge in [0.1, 0.15) is 22.5 Å². The van der Waals surface area contributed by atoms with Crippen LogP contribution in [-0.4, -0.2) is 30.8 Å². The lowest BCUT2D eigenvalue weighted by atomic mass is 9.96. The fourth-order valence-corrected chi connectivity index (χ4v) is 4.33. The van der Waals surface area contributed by atoms with E-state index in [1.165, 1.54) is 31.3 Å². The van der Waals surface area contributed by atoms with E-state index in [2.05, 4.69) is 4.72 Å². The van der Waals surface area contributed by atoms with Crippen LogP contribution in [0, 0.1) is 0 Å². The monoisotopic (exact) mass is 499 g/mol. The Bertz CT molecular complexity index is 1500. The Morgan fingerprint density at radius 3 is 1.94 bits per heavy atom. The molecule has 0 aliphatic carbocycles. The molecule has 9 heteroatoms. The number of benzene rings is 2. The standard InChI is InChI=1S/C26H29NO7S/c1-14(2)6-12-18-21(28)19(13-7-15(3)4)26-20(22(18)29)23(30)24(31)25(34-26)16-8-10-17(11-9-16)35(32,33)27-5/h6-11,27-29,31H,12-13H2,1-5H3. The van der Waals surface area contributed by atoms with Crippen LogP contribution in [0.15, 0.2) is 61.7 Å². The number of hydrogen-bond donors (Lipinski definition) is 4. The van der Waals surface area contributed by atoms with Crippen molar-refractivity contribution >= 4 is 21.0 Å². The average molecular weight is 500 g/mol. The van der Waals surface area contributed by atoms with Gasteiger partial charge in [0.05, 0.1) is 4.90 Å². The number of sulfonamides is 1. The van der Waals surface area contributed by atoms with Gasteiger partial charge in [0.25, 0.3) is 0 Å². The van der Waals surface area contributed by atoms with Gasteiger partial charge in [-0.2, -0.15) is 0 Å². The third kappa shape index (κ3) is 5.11. The highest BCUT2D eigenvalue weighted by Crippen LogP contribution is 2.42. The molecule has 3 aromatic rings. The van der Waals surface area contributed by atoms with Crippen LogP contribution in [0.3, 0.4) is 0 Å². The molecule has 0 radical (unpaired) electrons.